The first-order valence-corrected chi connectivity index (χ1v) is 10.7. The molecule has 0 aromatic heterocycles. The van der Waals surface area contributed by atoms with Crippen molar-refractivity contribution in [2.24, 2.45) is 0 Å². The van der Waals surface area contributed by atoms with Crippen LogP contribution in [0.3, 0.4) is 0 Å². The number of rotatable bonds is 4. The second-order valence-corrected chi connectivity index (χ2v) is 12.1. The zero-order valence-electron chi connectivity index (χ0n) is 13.3. The molecule has 0 heterocycles. The molecule has 0 unspecified atom stereocenters. The summed E-state index contributed by atoms with van der Waals surface area (Å²) < 4.78 is 0. The average molecular weight is 287 g/mol. The van der Waals surface area contributed by atoms with Gasteiger partial charge in [-0.1, -0.05) is 95.5 Å². The second kappa shape index (κ2) is 6.05. The van der Waals surface area contributed by atoms with Gasteiger partial charge in [-0.25, -0.2) is 0 Å². The lowest BCUT2D eigenvalue weighted by molar-refractivity contribution is 0.644. The van der Waals surface area contributed by atoms with Crippen LogP contribution in [0.25, 0.3) is 0 Å². The average Bonchev–Trinajstić information content (AvgIpc) is 3.14. The fraction of sp³-hybridized carbons (Fsp3) is 0.684. The Labute approximate surface area is 126 Å². The van der Waals surface area contributed by atoms with E-state index in [1.807, 2.05) is 0 Å². The van der Waals surface area contributed by atoms with Crippen LogP contribution in [-0.2, 0) is 5.04 Å². The summed E-state index contributed by atoms with van der Waals surface area (Å²) in [5.41, 5.74) is 3.86. The fourth-order valence-corrected chi connectivity index (χ4v) is 11.3. The van der Waals surface area contributed by atoms with Gasteiger partial charge in [-0.15, -0.1) is 0 Å². The normalized spacial score (nSPS) is 21.9. The maximum Gasteiger partial charge on any atom is 0.0542 e. The molecule has 0 atom stereocenters. The predicted molar refractivity (Wildman–Crippen MR) is 91.1 cm³/mol. The first-order chi connectivity index (χ1) is 9.69. The van der Waals surface area contributed by atoms with Crippen molar-refractivity contribution in [3.05, 3.63) is 35.9 Å². The summed E-state index contributed by atoms with van der Waals surface area (Å²) in [5.74, 6) is 0. The van der Waals surface area contributed by atoms with E-state index in [0.29, 0.717) is 5.04 Å². The zero-order valence-corrected chi connectivity index (χ0v) is 14.4. The molecule has 0 saturated heterocycles. The highest BCUT2D eigenvalue weighted by Gasteiger charge is 2.44. The van der Waals surface area contributed by atoms with Crippen LogP contribution < -0.4 is 0 Å². The molecule has 20 heavy (non-hydrogen) atoms. The number of benzene rings is 1. The molecule has 110 valence electrons. The van der Waals surface area contributed by atoms with Gasteiger partial charge >= 0.3 is 0 Å². The summed E-state index contributed by atoms with van der Waals surface area (Å²) in [6, 6.07) is 11.4. The molecule has 0 bridgehead atoms. The zero-order chi connectivity index (χ0) is 14.0. The lowest BCUT2D eigenvalue weighted by Crippen LogP contribution is -2.44. The van der Waals surface area contributed by atoms with Gasteiger partial charge in [-0.3, -0.25) is 0 Å². The first-order valence-electron chi connectivity index (χ1n) is 8.75. The van der Waals surface area contributed by atoms with Gasteiger partial charge in [0, 0.05) is 0 Å². The summed E-state index contributed by atoms with van der Waals surface area (Å²) in [5, 5.41) is 0.477. The van der Waals surface area contributed by atoms with Crippen LogP contribution >= 0.6 is 0 Å². The van der Waals surface area contributed by atoms with E-state index in [4.69, 9.17) is 0 Å². The Morgan fingerprint density at radius 2 is 1.25 bits per heavy atom. The minimum Gasteiger partial charge on any atom is -0.0622 e. The molecule has 1 aromatic carbocycles. The number of hydrogen-bond acceptors (Lipinski definition) is 0. The van der Waals surface area contributed by atoms with E-state index in [-0.39, 0.29) is 0 Å². The third kappa shape index (κ3) is 2.74. The molecule has 0 aliphatic heterocycles. The van der Waals surface area contributed by atoms with Gasteiger partial charge in [0.25, 0.3) is 0 Å². The summed E-state index contributed by atoms with van der Waals surface area (Å²) in [6.45, 7) is 5.16. The molecule has 2 aliphatic rings. The molecule has 0 N–H and O–H groups in total. The quantitative estimate of drug-likeness (QED) is 0.630. The van der Waals surface area contributed by atoms with Gasteiger partial charge in [-0.2, -0.15) is 0 Å². The van der Waals surface area contributed by atoms with E-state index in [1.165, 1.54) is 25.7 Å². The van der Waals surface area contributed by atoms with E-state index in [2.05, 4.69) is 44.2 Å². The van der Waals surface area contributed by atoms with Crippen LogP contribution in [-0.4, -0.2) is 8.80 Å². The lowest BCUT2D eigenvalue weighted by atomic mass is 10.0. The molecule has 0 radical (unpaired) electrons. The third-order valence-corrected chi connectivity index (χ3v) is 11.5. The Kier molecular flexibility index (Phi) is 4.35. The van der Waals surface area contributed by atoms with Gasteiger partial charge in [0.15, 0.2) is 0 Å². The Hall–Kier alpha value is -0.563. The minimum absolute atomic E-state index is 0.477. The minimum atomic E-state index is -0.774. The number of hydrogen-bond donors (Lipinski definition) is 0. The summed E-state index contributed by atoms with van der Waals surface area (Å²) in [7, 11) is -0.774. The van der Waals surface area contributed by atoms with Crippen LogP contribution in [0.5, 0.6) is 0 Å². The highest BCUT2D eigenvalue weighted by molar-refractivity contribution is 6.65. The first kappa shape index (κ1) is 14.4. The van der Waals surface area contributed by atoms with E-state index < -0.39 is 8.80 Å². The van der Waals surface area contributed by atoms with E-state index in [1.54, 1.807) is 31.2 Å². The molecule has 2 aliphatic carbocycles. The monoisotopic (exact) mass is 286 g/mol. The lowest BCUT2D eigenvalue weighted by Gasteiger charge is -2.41. The molecule has 3 rings (SSSR count). The fourth-order valence-electron chi connectivity index (χ4n) is 5.26. The van der Waals surface area contributed by atoms with Crippen molar-refractivity contribution in [1.82, 2.24) is 0 Å². The second-order valence-electron chi connectivity index (χ2n) is 7.70. The SMILES string of the molecule is CC(C)(c1ccccc1)[SiH](C1CCCC1)C1CCCC1. The molecule has 1 heteroatoms. The molecular formula is C19H30Si. The maximum absolute atomic E-state index is 2.58. The van der Waals surface area contributed by atoms with Gasteiger partial charge < -0.3 is 0 Å². The van der Waals surface area contributed by atoms with E-state index in [0.717, 1.165) is 11.1 Å². The van der Waals surface area contributed by atoms with Crippen molar-refractivity contribution in [2.75, 3.05) is 0 Å². The van der Waals surface area contributed by atoms with Gasteiger partial charge in [0.1, 0.15) is 0 Å². The van der Waals surface area contributed by atoms with Gasteiger partial charge in [0.2, 0.25) is 0 Å². The molecule has 1 aromatic rings. The standard InChI is InChI=1S/C19H30Si/c1-19(2,16-10-4-3-5-11-16)20(17-12-6-7-13-17)18-14-8-9-15-18/h3-5,10-11,17-18,20H,6-9,12-15H2,1-2H3. The van der Waals surface area contributed by atoms with Gasteiger partial charge in [-0.05, 0) is 21.7 Å². The Bertz CT molecular complexity index is 395. The smallest absolute Gasteiger partial charge is 0.0542 e. The van der Waals surface area contributed by atoms with Crippen molar-refractivity contribution in [3.8, 4) is 0 Å². The highest BCUT2D eigenvalue weighted by atomic mass is 28.3. The van der Waals surface area contributed by atoms with Crippen LogP contribution in [0.2, 0.25) is 11.1 Å². The van der Waals surface area contributed by atoms with Crippen molar-refractivity contribution in [2.45, 2.75) is 81.3 Å². The molecular weight excluding hydrogens is 256 g/mol. The van der Waals surface area contributed by atoms with Crippen LogP contribution in [0.15, 0.2) is 30.3 Å². The molecule has 0 nitrogen and oxygen atoms in total. The highest BCUT2D eigenvalue weighted by Crippen LogP contribution is 2.50. The van der Waals surface area contributed by atoms with Crippen LogP contribution in [0, 0.1) is 0 Å². The summed E-state index contributed by atoms with van der Waals surface area (Å²) in [6.07, 6.45) is 12.2. The Morgan fingerprint density at radius 3 is 1.70 bits per heavy atom. The van der Waals surface area contributed by atoms with E-state index in [9.17, 15) is 0 Å². The molecule has 0 amide bonds. The summed E-state index contributed by atoms with van der Waals surface area (Å²) >= 11 is 0. The van der Waals surface area contributed by atoms with Crippen molar-refractivity contribution in [3.63, 3.8) is 0 Å². The largest absolute Gasteiger partial charge is 0.0622 e. The topological polar surface area (TPSA) is 0 Å². The van der Waals surface area contributed by atoms with E-state index >= 15 is 0 Å². The third-order valence-electron chi connectivity index (χ3n) is 6.17. The van der Waals surface area contributed by atoms with Crippen molar-refractivity contribution < 1.29 is 0 Å². The van der Waals surface area contributed by atoms with Crippen LogP contribution in [0.1, 0.15) is 70.8 Å². The Balaban J connectivity index is 1.90. The molecule has 2 saturated carbocycles. The van der Waals surface area contributed by atoms with Gasteiger partial charge in [0.05, 0.1) is 8.80 Å². The van der Waals surface area contributed by atoms with Crippen molar-refractivity contribution in [1.29, 1.82) is 0 Å². The molecule has 0 spiro atoms. The molecule has 2 fully saturated rings. The van der Waals surface area contributed by atoms with Crippen molar-refractivity contribution >= 4 is 8.80 Å². The summed E-state index contributed by atoms with van der Waals surface area (Å²) in [4.78, 5) is 0. The maximum atomic E-state index is 2.58. The van der Waals surface area contributed by atoms with Crippen LogP contribution in [0.4, 0.5) is 0 Å². The Morgan fingerprint density at radius 1 is 0.800 bits per heavy atom. The predicted octanol–water partition coefficient (Wildman–Crippen LogP) is 5.62.